The Labute approximate surface area is 232 Å². The lowest BCUT2D eigenvalue weighted by atomic mass is 9.32. The molecule has 3 saturated carbocycles. The Hall–Kier alpha value is -1.27. The topological polar surface area (TPSA) is 60.8 Å². The number of aliphatic hydroxyl groups is 2. The number of β-amino-alcohol motifs (C(OH)–C–C–N with tert-alkyl or cyclic N) is 1. The molecule has 1 aliphatic heterocycles. The molecule has 6 aliphatic carbocycles. The van der Waals surface area contributed by atoms with Crippen LogP contribution in [0.5, 0.6) is 0 Å². The smallest absolute Gasteiger partial charge is 0.199 e. The molecule has 206 valence electrons. The predicted octanol–water partition coefficient (Wildman–Crippen LogP) is 6.32. The third-order valence-corrected chi connectivity index (χ3v) is 13.9. The van der Waals surface area contributed by atoms with Crippen molar-refractivity contribution in [3.8, 4) is 0 Å². The van der Waals surface area contributed by atoms with Crippen LogP contribution in [0.2, 0.25) is 0 Å². The standard InChI is InChI=1S/C33H45NO3S/c1-22-7-8-25(38-22)28(36)24-20-31-15-16-33(24)26(29(31,2)12-9-23(35)19-31)10-13-30(3)27(33)11-14-32(30,37)21-34-17-5-4-6-18-34/h7-8,15-16,20,23,26-27,35,37H,4-6,9-14,17-19,21H2,1-3H3/t23?,26-,27-,29-,30+,31+,32-,33-/m1/s1. The Morgan fingerprint density at radius 1 is 1.00 bits per heavy atom. The van der Waals surface area contributed by atoms with Gasteiger partial charge in [0.1, 0.15) is 0 Å². The van der Waals surface area contributed by atoms with Crippen molar-refractivity contribution in [2.24, 2.45) is 33.5 Å². The fourth-order valence-electron chi connectivity index (χ4n) is 10.8. The molecule has 1 saturated heterocycles. The van der Waals surface area contributed by atoms with Gasteiger partial charge >= 0.3 is 0 Å². The van der Waals surface area contributed by atoms with Crippen molar-refractivity contribution in [2.45, 2.75) is 96.7 Å². The number of ketones is 1. The number of carbonyl (C=O) groups is 1. The Balaban J connectivity index is 1.36. The van der Waals surface area contributed by atoms with E-state index in [4.69, 9.17) is 0 Å². The molecule has 2 heterocycles. The fraction of sp³-hybridized carbons (Fsp3) is 0.727. The number of hydrogen-bond acceptors (Lipinski definition) is 5. The summed E-state index contributed by atoms with van der Waals surface area (Å²) >= 11 is 1.61. The van der Waals surface area contributed by atoms with Crippen LogP contribution < -0.4 is 0 Å². The van der Waals surface area contributed by atoms with E-state index in [1.807, 2.05) is 6.07 Å². The lowest BCUT2D eigenvalue weighted by Crippen LogP contribution is -2.67. The highest BCUT2D eigenvalue weighted by Crippen LogP contribution is 2.78. The van der Waals surface area contributed by atoms with Crippen LogP contribution in [0.25, 0.3) is 0 Å². The second-order valence-corrected chi connectivity index (χ2v) is 15.7. The minimum atomic E-state index is -0.716. The van der Waals surface area contributed by atoms with Crippen molar-refractivity contribution in [2.75, 3.05) is 19.6 Å². The zero-order chi connectivity index (χ0) is 26.6. The van der Waals surface area contributed by atoms with E-state index in [1.54, 1.807) is 11.3 Å². The van der Waals surface area contributed by atoms with Crippen molar-refractivity contribution in [3.05, 3.63) is 45.7 Å². The molecule has 1 unspecified atom stereocenters. The molecule has 2 spiro atoms. The van der Waals surface area contributed by atoms with Gasteiger partial charge in [0, 0.05) is 33.2 Å². The highest BCUT2D eigenvalue weighted by Gasteiger charge is 2.74. The zero-order valence-electron chi connectivity index (χ0n) is 23.5. The van der Waals surface area contributed by atoms with E-state index in [1.165, 1.54) is 24.1 Å². The largest absolute Gasteiger partial charge is 0.393 e. The number of Topliss-reactive ketones (excluding diaryl/α,β-unsaturated/α-hetero) is 1. The molecule has 4 fully saturated rings. The van der Waals surface area contributed by atoms with Gasteiger partial charge in [-0.3, -0.25) is 4.79 Å². The quantitative estimate of drug-likeness (QED) is 0.350. The summed E-state index contributed by atoms with van der Waals surface area (Å²) in [6.07, 6.45) is 17.1. The molecule has 1 aromatic rings. The van der Waals surface area contributed by atoms with E-state index in [0.29, 0.717) is 12.3 Å². The Kier molecular flexibility index (Phi) is 5.66. The van der Waals surface area contributed by atoms with Gasteiger partial charge in [0.25, 0.3) is 0 Å². The summed E-state index contributed by atoms with van der Waals surface area (Å²) in [5.74, 6) is 0.806. The van der Waals surface area contributed by atoms with E-state index in [2.05, 4.69) is 50.0 Å². The number of piperidine rings is 1. The Morgan fingerprint density at radius 3 is 2.45 bits per heavy atom. The number of fused-ring (bicyclic) bond motifs is 1. The molecule has 2 N–H and O–H groups in total. The van der Waals surface area contributed by atoms with Crippen molar-refractivity contribution in [1.82, 2.24) is 4.90 Å². The first-order valence-electron chi connectivity index (χ1n) is 15.2. The SMILES string of the molecule is Cc1ccc(C(=O)C2=C[C@@]34C=C[C@@]25[C@@H]2CC[C@@](O)(CN6CCCCC6)[C@@]2(C)CC[C@@H]5[C@@]3(C)CCC(O)C4)s1. The number of nitrogens with zero attached hydrogens (tertiary/aromatic N) is 1. The van der Waals surface area contributed by atoms with Gasteiger partial charge in [-0.05, 0) is 107 Å². The maximum Gasteiger partial charge on any atom is 0.199 e. The van der Waals surface area contributed by atoms with Gasteiger partial charge < -0.3 is 15.1 Å². The summed E-state index contributed by atoms with van der Waals surface area (Å²) in [5, 5.41) is 23.3. The summed E-state index contributed by atoms with van der Waals surface area (Å²) in [5.41, 5.74) is -0.524. The van der Waals surface area contributed by atoms with E-state index in [0.717, 1.165) is 68.6 Å². The number of hydrogen-bond donors (Lipinski definition) is 2. The van der Waals surface area contributed by atoms with Gasteiger partial charge in [-0.1, -0.05) is 38.5 Å². The fourth-order valence-corrected chi connectivity index (χ4v) is 11.6. The summed E-state index contributed by atoms with van der Waals surface area (Å²) in [4.78, 5) is 19.0. The lowest BCUT2D eigenvalue weighted by molar-refractivity contribution is -0.176. The second-order valence-electron chi connectivity index (χ2n) is 14.4. The number of rotatable bonds is 4. The molecule has 8 atom stereocenters. The Bertz CT molecular complexity index is 1210. The molecule has 1 aromatic heterocycles. The normalized spacial score (nSPS) is 47.8. The van der Waals surface area contributed by atoms with Crippen molar-refractivity contribution in [1.29, 1.82) is 0 Å². The van der Waals surface area contributed by atoms with Crippen LogP contribution >= 0.6 is 11.3 Å². The first-order valence-corrected chi connectivity index (χ1v) is 16.1. The number of aliphatic hydroxyl groups excluding tert-OH is 1. The van der Waals surface area contributed by atoms with Crippen molar-refractivity contribution < 1.29 is 15.0 Å². The van der Waals surface area contributed by atoms with E-state index >= 15 is 0 Å². The van der Waals surface area contributed by atoms with Gasteiger partial charge in [0.15, 0.2) is 5.78 Å². The highest BCUT2D eigenvalue weighted by atomic mass is 32.1. The van der Waals surface area contributed by atoms with Crippen LogP contribution in [0, 0.1) is 40.4 Å². The molecular formula is C33H45NO3S. The third-order valence-electron chi connectivity index (χ3n) is 12.9. The molecule has 0 aromatic carbocycles. The van der Waals surface area contributed by atoms with Crippen LogP contribution in [-0.4, -0.2) is 52.2 Å². The average Bonchev–Trinajstić information content (AvgIpc) is 3.44. The molecule has 38 heavy (non-hydrogen) atoms. The maximum atomic E-state index is 14.5. The summed E-state index contributed by atoms with van der Waals surface area (Å²) in [7, 11) is 0. The van der Waals surface area contributed by atoms with Gasteiger partial charge in [-0.25, -0.2) is 0 Å². The van der Waals surface area contributed by atoms with E-state index in [-0.39, 0.29) is 39.5 Å². The summed E-state index contributed by atoms with van der Waals surface area (Å²) in [6.45, 7) is 9.88. The number of likely N-dealkylation sites (tertiary alicyclic amines) is 1. The van der Waals surface area contributed by atoms with E-state index in [9.17, 15) is 15.0 Å². The number of carbonyl (C=O) groups excluding carboxylic acids is 1. The van der Waals surface area contributed by atoms with Gasteiger partial charge in [-0.2, -0.15) is 0 Å². The average molecular weight is 536 g/mol. The molecule has 5 heteroatoms. The molecule has 0 amide bonds. The Morgan fingerprint density at radius 2 is 1.71 bits per heavy atom. The molecule has 8 rings (SSSR count). The van der Waals surface area contributed by atoms with Crippen LogP contribution in [0.15, 0.2) is 35.9 Å². The molecule has 0 radical (unpaired) electrons. The first kappa shape index (κ1) is 25.7. The number of aryl methyl sites for hydroxylation is 1. The first-order chi connectivity index (χ1) is 18.1. The van der Waals surface area contributed by atoms with Crippen molar-refractivity contribution >= 4 is 17.1 Å². The van der Waals surface area contributed by atoms with Crippen LogP contribution in [0.4, 0.5) is 0 Å². The lowest BCUT2D eigenvalue weighted by Gasteiger charge is -2.71. The van der Waals surface area contributed by atoms with Crippen LogP contribution in [-0.2, 0) is 0 Å². The summed E-state index contributed by atoms with van der Waals surface area (Å²) in [6, 6.07) is 4.08. The minimum Gasteiger partial charge on any atom is -0.393 e. The second kappa shape index (κ2) is 8.38. The minimum absolute atomic E-state index is 0.0328. The molecule has 2 bridgehead atoms. The van der Waals surface area contributed by atoms with Crippen LogP contribution in [0.1, 0.15) is 92.6 Å². The van der Waals surface area contributed by atoms with Gasteiger partial charge in [0.05, 0.1) is 16.6 Å². The van der Waals surface area contributed by atoms with Gasteiger partial charge in [-0.15, -0.1) is 11.3 Å². The zero-order valence-corrected chi connectivity index (χ0v) is 24.3. The van der Waals surface area contributed by atoms with Crippen LogP contribution in [0.3, 0.4) is 0 Å². The van der Waals surface area contributed by atoms with Crippen molar-refractivity contribution in [3.63, 3.8) is 0 Å². The number of allylic oxidation sites excluding steroid dienone is 4. The molecule has 7 aliphatic rings. The summed E-state index contributed by atoms with van der Waals surface area (Å²) < 4.78 is 0. The maximum absolute atomic E-state index is 14.5. The molecule has 4 nitrogen and oxygen atoms in total. The predicted molar refractivity (Wildman–Crippen MR) is 152 cm³/mol. The van der Waals surface area contributed by atoms with Gasteiger partial charge in [0.2, 0.25) is 0 Å². The highest BCUT2D eigenvalue weighted by molar-refractivity contribution is 7.14. The van der Waals surface area contributed by atoms with E-state index < -0.39 is 5.60 Å². The molecular weight excluding hydrogens is 490 g/mol. The number of thiophene rings is 1. The third kappa shape index (κ3) is 3.17. The monoisotopic (exact) mass is 535 g/mol.